The summed E-state index contributed by atoms with van der Waals surface area (Å²) < 4.78 is 53.9. The molecule has 0 bridgehead atoms. The minimum absolute atomic E-state index is 0.319. The van der Waals surface area contributed by atoms with Gasteiger partial charge in [0.1, 0.15) is 5.75 Å². The van der Waals surface area contributed by atoms with Crippen molar-refractivity contribution in [3.63, 3.8) is 0 Å². The Morgan fingerprint density at radius 3 is 1.96 bits per heavy atom. The standard InChI is InChI=1S/C17H27NO6S2/c1-24-15-9-7-14(8-10-15)16(17(19)11-5-4-6-12-17)13-18(25(2,20)21)26(3,22)23/h7-10,16,19H,4-6,11-13H2,1-3H3. The van der Waals surface area contributed by atoms with E-state index in [0.717, 1.165) is 31.8 Å². The van der Waals surface area contributed by atoms with Crippen LogP contribution in [0, 0.1) is 0 Å². The van der Waals surface area contributed by atoms with Crippen molar-refractivity contribution in [1.29, 1.82) is 0 Å². The van der Waals surface area contributed by atoms with E-state index in [1.165, 1.54) is 7.11 Å². The molecular weight excluding hydrogens is 378 g/mol. The number of sulfonamides is 2. The van der Waals surface area contributed by atoms with Crippen molar-refractivity contribution < 1.29 is 26.7 Å². The molecule has 0 aromatic heterocycles. The lowest BCUT2D eigenvalue weighted by Gasteiger charge is -2.41. The number of rotatable bonds is 7. The van der Waals surface area contributed by atoms with E-state index in [0.29, 0.717) is 27.9 Å². The van der Waals surface area contributed by atoms with E-state index in [4.69, 9.17) is 4.74 Å². The Morgan fingerprint density at radius 1 is 1.04 bits per heavy atom. The van der Waals surface area contributed by atoms with Crippen LogP contribution < -0.4 is 4.74 Å². The van der Waals surface area contributed by atoms with Gasteiger partial charge >= 0.3 is 0 Å². The van der Waals surface area contributed by atoms with Gasteiger partial charge in [-0.1, -0.05) is 35.1 Å². The van der Waals surface area contributed by atoms with Gasteiger partial charge in [-0.05, 0) is 30.5 Å². The van der Waals surface area contributed by atoms with Crippen molar-refractivity contribution in [2.75, 3.05) is 26.2 Å². The molecule has 7 nitrogen and oxygen atoms in total. The summed E-state index contributed by atoms with van der Waals surface area (Å²) in [4.78, 5) is 0. The fraction of sp³-hybridized carbons (Fsp3) is 0.647. The first-order valence-electron chi connectivity index (χ1n) is 8.51. The molecule has 0 aliphatic heterocycles. The highest BCUT2D eigenvalue weighted by molar-refractivity contribution is 8.03. The van der Waals surface area contributed by atoms with Gasteiger partial charge in [0, 0.05) is 12.5 Å². The van der Waals surface area contributed by atoms with Crippen molar-refractivity contribution in [2.45, 2.75) is 43.6 Å². The summed E-state index contributed by atoms with van der Waals surface area (Å²) in [5.74, 6) is -0.0237. The van der Waals surface area contributed by atoms with E-state index in [-0.39, 0.29) is 6.54 Å². The minimum Gasteiger partial charge on any atom is -0.497 e. The predicted molar refractivity (Wildman–Crippen MR) is 100 cm³/mol. The molecule has 0 heterocycles. The number of benzene rings is 1. The van der Waals surface area contributed by atoms with Gasteiger partial charge in [0.15, 0.2) is 0 Å². The average molecular weight is 406 g/mol. The number of hydrogen-bond acceptors (Lipinski definition) is 6. The largest absolute Gasteiger partial charge is 0.497 e. The molecule has 1 aliphatic carbocycles. The number of methoxy groups -OCH3 is 1. The summed E-state index contributed by atoms with van der Waals surface area (Å²) in [6.45, 7) is -0.319. The van der Waals surface area contributed by atoms with Crippen LogP contribution in [0.15, 0.2) is 24.3 Å². The Hall–Kier alpha value is -1.16. The highest BCUT2D eigenvalue weighted by atomic mass is 32.3. The second-order valence-corrected chi connectivity index (χ2v) is 11.0. The van der Waals surface area contributed by atoms with E-state index < -0.39 is 31.6 Å². The van der Waals surface area contributed by atoms with Gasteiger partial charge in [-0.2, -0.15) is 0 Å². The van der Waals surface area contributed by atoms with Crippen molar-refractivity contribution in [2.24, 2.45) is 0 Å². The van der Waals surface area contributed by atoms with Gasteiger partial charge in [0.25, 0.3) is 0 Å². The fourth-order valence-corrected chi connectivity index (χ4v) is 6.41. The third kappa shape index (κ3) is 4.97. The Kier molecular flexibility index (Phi) is 6.37. The second-order valence-electron chi connectivity index (χ2n) is 6.97. The zero-order chi connectivity index (χ0) is 19.6. The second kappa shape index (κ2) is 7.84. The smallest absolute Gasteiger partial charge is 0.224 e. The van der Waals surface area contributed by atoms with Crippen LogP contribution in [0.3, 0.4) is 0 Å². The average Bonchev–Trinajstić information content (AvgIpc) is 2.53. The third-order valence-electron chi connectivity index (χ3n) is 4.96. The summed E-state index contributed by atoms with van der Waals surface area (Å²) in [6.07, 6.45) is 5.38. The van der Waals surface area contributed by atoms with E-state index in [1.54, 1.807) is 24.3 Å². The van der Waals surface area contributed by atoms with Gasteiger partial charge in [-0.25, -0.2) is 16.8 Å². The summed E-state index contributed by atoms with van der Waals surface area (Å²) in [7, 11) is -6.45. The highest BCUT2D eigenvalue weighted by Gasteiger charge is 2.42. The maximum Gasteiger partial charge on any atom is 0.224 e. The number of aliphatic hydroxyl groups is 1. The SMILES string of the molecule is COc1ccc(C(CN(S(C)(=O)=O)S(C)(=O)=O)C2(O)CCCCC2)cc1. The predicted octanol–water partition coefficient (Wildman–Crippen LogP) is 1.70. The van der Waals surface area contributed by atoms with Gasteiger partial charge in [0.05, 0.1) is 25.2 Å². The molecule has 0 saturated heterocycles. The molecule has 0 radical (unpaired) electrons. The van der Waals surface area contributed by atoms with E-state index >= 15 is 0 Å². The van der Waals surface area contributed by atoms with Crippen LogP contribution in [0.5, 0.6) is 5.75 Å². The number of hydrogen-bond donors (Lipinski definition) is 1. The van der Waals surface area contributed by atoms with Crippen molar-refractivity contribution in [3.05, 3.63) is 29.8 Å². The molecule has 0 spiro atoms. The van der Waals surface area contributed by atoms with Crippen molar-refractivity contribution >= 4 is 20.0 Å². The lowest BCUT2D eigenvalue weighted by molar-refractivity contribution is -0.0230. The molecule has 2 rings (SSSR count). The summed E-state index contributed by atoms with van der Waals surface area (Å²) in [5, 5.41) is 11.2. The van der Waals surface area contributed by atoms with Crippen LogP contribution in [0.2, 0.25) is 0 Å². The molecule has 1 unspecified atom stereocenters. The number of nitrogens with zero attached hydrogens (tertiary/aromatic N) is 1. The van der Waals surface area contributed by atoms with Crippen LogP contribution in [-0.4, -0.2) is 57.4 Å². The molecule has 9 heteroatoms. The first-order valence-corrected chi connectivity index (χ1v) is 12.2. The summed E-state index contributed by atoms with van der Waals surface area (Å²) in [5.41, 5.74) is -0.465. The lowest BCUT2D eigenvalue weighted by Crippen LogP contribution is -2.47. The molecule has 1 aromatic rings. The normalized spacial score (nSPS) is 19.3. The quantitative estimate of drug-likeness (QED) is 0.741. The van der Waals surface area contributed by atoms with Crippen LogP contribution in [0.4, 0.5) is 0 Å². The molecule has 26 heavy (non-hydrogen) atoms. The highest BCUT2D eigenvalue weighted by Crippen LogP contribution is 2.41. The Balaban J connectivity index is 2.48. The van der Waals surface area contributed by atoms with Crippen LogP contribution >= 0.6 is 0 Å². The molecule has 1 atom stereocenters. The maximum absolute atomic E-state index is 12.1. The summed E-state index contributed by atoms with van der Waals surface area (Å²) in [6, 6.07) is 6.94. The molecule has 148 valence electrons. The van der Waals surface area contributed by atoms with E-state index in [9.17, 15) is 21.9 Å². The van der Waals surface area contributed by atoms with E-state index in [2.05, 4.69) is 0 Å². The molecule has 1 N–H and O–H groups in total. The zero-order valence-electron chi connectivity index (χ0n) is 15.4. The van der Waals surface area contributed by atoms with Crippen molar-refractivity contribution in [3.8, 4) is 5.75 Å². The molecule has 1 fully saturated rings. The van der Waals surface area contributed by atoms with Crippen LogP contribution in [0.25, 0.3) is 0 Å². The molecule has 0 amide bonds. The molecular formula is C17H27NO6S2. The Morgan fingerprint density at radius 2 is 1.54 bits per heavy atom. The number of ether oxygens (including phenoxy) is 1. The Labute approximate surface area is 156 Å². The van der Waals surface area contributed by atoms with Gasteiger partial charge < -0.3 is 9.84 Å². The van der Waals surface area contributed by atoms with Gasteiger partial charge in [-0.3, -0.25) is 0 Å². The van der Waals surface area contributed by atoms with Gasteiger partial charge in [-0.15, -0.1) is 0 Å². The summed E-state index contributed by atoms with van der Waals surface area (Å²) >= 11 is 0. The van der Waals surface area contributed by atoms with Crippen LogP contribution in [-0.2, 0) is 20.0 Å². The zero-order valence-corrected chi connectivity index (χ0v) is 17.0. The fourth-order valence-electron chi connectivity index (χ4n) is 3.60. The van der Waals surface area contributed by atoms with Crippen molar-refractivity contribution in [1.82, 2.24) is 3.71 Å². The lowest BCUT2D eigenvalue weighted by atomic mass is 9.73. The molecule has 1 aliphatic rings. The first kappa shape index (κ1) is 21.1. The van der Waals surface area contributed by atoms with Crippen LogP contribution in [0.1, 0.15) is 43.6 Å². The molecule has 1 aromatic carbocycles. The molecule has 1 saturated carbocycles. The minimum atomic E-state index is -3.99. The van der Waals surface area contributed by atoms with Gasteiger partial charge in [0.2, 0.25) is 20.0 Å². The van der Waals surface area contributed by atoms with E-state index in [1.807, 2.05) is 0 Å². The first-order chi connectivity index (χ1) is 12.0. The third-order valence-corrected chi connectivity index (χ3v) is 8.36. The monoisotopic (exact) mass is 405 g/mol. The maximum atomic E-state index is 12.1. The Bertz CT molecular complexity index is 779. The topological polar surface area (TPSA) is 101 Å².